The van der Waals surface area contributed by atoms with Gasteiger partial charge in [-0.2, -0.15) is 0 Å². The van der Waals surface area contributed by atoms with Crippen molar-refractivity contribution in [2.75, 3.05) is 13.7 Å². The van der Waals surface area contributed by atoms with Crippen molar-refractivity contribution in [1.82, 2.24) is 0 Å². The Morgan fingerprint density at radius 2 is 1.79 bits per heavy atom. The molecule has 0 aliphatic heterocycles. The van der Waals surface area contributed by atoms with Gasteiger partial charge in [0, 0.05) is 17.5 Å². The van der Waals surface area contributed by atoms with E-state index in [0.29, 0.717) is 11.3 Å². The molecule has 0 bridgehead atoms. The Labute approximate surface area is 137 Å². The Bertz CT molecular complexity index is 944. The molecule has 0 atom stereocenters. The summed E-state index contributed by atoms with van der Waals surface area (Å²) in [6, 6.07) is 13.8. The summed E-state index contributed by atoms with van der Waals surface area (Å²) < 4.78 is 15.6. The molecule has 24 heavy (non-hydrogen) atoms. The predicted molar refractivity (Wildman–Crippen MR) is 89.2 cm³/mol. The summed E-state index contributed by atoms with van der Waals surface area (Å²) in [7, 11) is 1.59. The number of primary amides is 1. The van der Waals surface area contributed by atoms with Crippen LogP contribution in [0.25, 0.3) is 22.1 Å². The highest BCUT2D eigenvalue weighted by atomic mass is 16.5. The minimum atomic E-state index is -0.580. The molecule has 0 aliphatic carbocycles. The second kappa shape index (κ2) is 6.45. The lowest BCUT2D eigenvalue weighted by Crippen LogP contribution is -2.19. The number of hydrogen-bond donors (Lipinski definition) is 1. The van der Waals surface area contributed by atoms with Gasteiger partial charge in [-0.3, -0.25) is 4.79 Å². The van der Waals surface area contributed by atoms with E-state index in [0.717, 1.165) is 22.3 Å². The molecule has 1 aromatic heterocycles. The lowest BCUT2D eigenvalue weighted by molar-refractivity contribution is -0.119. The van der Waals surface area contributed by atoms with Gasteiger partial charge >= 0.3 is 5.63 Å². The average Bonchev–Trinajstić information content (AvgIpc) is 2.59. The monoisotopic (exact) mass is 325 g/mol. The van der Waals surface area contributed by atoms with Crippen LogP contribution in [0.5, 0.6) is 11.5 Å². The van der Waals surface area contributed by atoms with Gasteiger partial charge in [0.25, 0.3) is 5.91 Å². The molecular formula is C18H15NO5. The van der Waals surface area contributed by atoms with Gasteiger partial charge < -0.3 is 19.6 Å². The summed E-state index contributed by atoms with van der Waals surface area (Å²) in [5.41, 5.74) is 6.55. The number of fused-ring (bicyclic) bond motifs is 1. The summed E-state index contributed by atoms with van der Waals surface area (Å²) >= 11 is 0. The van der Waals surface area contributed by atoms with Crippen molar-refractivity contribution in [2.45, 2.75) is 0 Å². The van der Waals surface area contributed by atoms with E-state index < -0.39 is 11.5 Å². The second-order valence-electron chi connectivity index (χ2n) is 5.12. The van der Waals surface area contributed by atoms with E-state index >= 15 is 0 Å². The van der Waals surface area contributed by atoms with Crippen LogP contribution in [0.3, 0.4) is 0 Å². The van der Waals surface area contributed by atoms with E-state index in [1.54, 1.807) is 25.3 Å². The number of rotatable bonds is 5. The van der Waals surface area contributed by atoms with Crippen molar-refractivity contribution >= 4 is 16.9 Å². The number of nitrogens with two attached hydrogens (primary N) is 1. The van der Waals surface area contributed by atoms with Crippen LogP contribution >= 0.6 is 0 Å². The molecule has 1 amide bonds. The molecule has 0 fully saturated rings. The normalized spacial score (nSPS) is 10.5. The molecule has 2 aromatic carbocycles. The minimum absolute atomic E-state index is 0.242. The molecule has 6 nitrogen and oxygen atoms in total. The molecule has 3 rings (SSSR count). The van der Waals surface area contributed by atoms with Gasteiger partial charge in [-0.05, 0) is 35.4 Å². The smallest absolute Gasteiger partial charge is 0.336 e. The Morgan fingerprint density at radius 1 is 1.08 bits per heavy atom. The zero-order chi connectivity index (χ0) is 17.1. The van der Waals surface area contributed by atoms with Crippen LogP contribution in [-0.2, 0) is 4.79 Å². The van der Waals surface area contributed by atoms with Crippen LogP contribution in [0.2, 0.25) is 0 Å². The fraction of sp³-hybridized carbons (Fsp3) is 0.111. The lowest BCUT2D eigenvalue weighted by Gasteiger charge is -2.09. The predicted octanol–water partition coefficient (Wildman–Crippen LogP) is 2.33. The molecule has 0 saturated heterocycles. The van der Waals surface area contributed by atoms with E-state index in [-0.39, 0.29) is 6.61 Å². The molecule has 0 saturated carbocycles. The van der Waals surface area contributed by atoms with Gasteiger partial charge in [0.1, 0.15) is 17.1 Å². The van der Waals surface area contributed by atoms with E-state index in [4.69, 9.17) is 19.6 Å². The number of methoxy groups -OCH3 is 1. The second-order valence-corrected chi connectivity index (χ2v) is 5.12. The molecule has 0 radical (unpaired) electrons. The molecule has 6 heteroatoms. The van der Waals surface area contributed by atoms with Crippen molar-refractivity contribution in [3.8, 4) is 22.6 Å². The Morgan fingerprint density at radius 3 is 2.46 bits per heavy atom. The number of carbonyl (C=O) groups is 1. The molecule has 3 aromatic rings. The lowest BCUT2D eigenvalue weighted by atomic mass is 10.0. The first kappa shape index (κ1) is 15.6. The number of carbonyl (C=O) groups excluding carboxylic acids is 1. The standard InChI is InChI=1S/C18H15NO5/c1-22-12-4-2-11(3-5-12)15-9-18(21)24-16-8-13(6-7-14(15)16)23-10-17(19)20/h2-9H,10H2,1H3,(H2,19,20). The molecule has 0 unspecified atom stereocenters. The van der Waals surface area contributed by atoms with Gasteiger partial charge in [0.2, 0.25) is 0 Å². The third-order valence-electron chi connectivity index (χ3n) is 3.50. The van der Waals surface area contributed by atoms with E-state index in [2.05, 4.69) is 0 Å². The maximum Gasteiger partial charge on any atom is 0.336 e. The van der Waals surface area contributed by atoms with Gasteiger partial charge in [-0.1, -0.05) is 12.1 Å². The topological polar surface area (TPSA) is 91.8 Å². The highest BCUT2D eigenvalue weighted by Crippen LogP contribution is 2.30. The van der Waals surface area contributed by atoms with Crippen molar-refractivity contribution in [3.63, 3.8) is 0 Å². The first-order valence-electron chi connectivity index (χ1n) is 7.20. The van der Waals surface area contributed by atoms with Gasteiger partial charge in [-0.25, -0.2) is 4.79 Å². The number of ether oxygens (including phenoxy) is 2. The van der Waals surface area contributed by atoms with Crippen LogP contribution in [0.15, 0.2) is 57.7 Å². The number of benzene rings is 2. The Balaban J connectivity index is 2.07. The fourth-order valence-corrected chi connectivity index (χ4v) is 2.40. The Kier molecular flexibility index (Phi) is 4.20. The van der Waals surface area contributed by atoms with E-state index in [1.807, 2.05) is 24.3 Å². The van der Waals surface area contributed by atoms with Crippen molar-refractivity contribution in [3.05, 3.63) is 59.0 Å². The van der Waals surface area contributed by atoms with Crippen molar-refractivity contribution in [2.24, 2.45) is 5.73 Å². The largest absolute Gasteiger partial charge is 0.497 e. The first-order valence-corrected chi connectivity index (χ1v) is 7.20. The summed E-state index contributed by atoms with van der Waals surface area (Å²) in [5, 5.41) is 0.756. The van der Waals surface area contributed by atoms with E-state index in [9.17, 15) is 9.59 Å². The quantitative estimate of drug-likeness (QED) is 0.727. The first-order chi connectivity index (χ1) is 11.6. The summed E-state index contributed by atoms with van der Waals surface area (Å²) in [6.07, 6.45) is 0. The average molecular weight is 325 g/mol. The summed E-state index contributed by atoms with van der Waals surface area (Å²) in [4.78, 5) is 22.7. The summed E-state index contributed by atoms with van der Waals surface area (Å²) in [6.45, 7) is -0.242. The molecule has 0 aliphatic rings. The highest BCUT2D eigenvalue weighted by molar-refractivity contribution is 5.93. The zero-order valence-electron chi connectivity index (χ0n) is 12.9. The fourth-order valence-electron chi connectivity index (χ4n) is 2.40. The van der Waals surface area contributed by atoms with Crippen LogP contribution in [0, 0.1) is 0 Å². The minimum Gasteiger partial charge on any atom is -0.497 e. The highest BCUT2D eigenvalue weighted by Gasteiger charge is 2.10. The molecule has 1 heterocycles. The summed E-state index contributed by atoms with van der Waals surface area (Å²) in [5.74, 6) is 0.549. The van der Waals surface area contributed by atoms with Gasteiger partial charge in [0.15, 0.2) is 6.61 Å². The molecule has 122 valence electrons. The van der Waals surface area contributed by atoms with E-state index in [1.165, 1.54) is 6.07 Å². The third-order valence-corrected chi connectivity index (χ3v) is 3.50. The molecule has 0 spiro atoms. The zero-order valence-corrected chi connectivity index (χ0v) is 12.9. The Hall–Kier alpha value is -3.28. The van der Waals surface area contributed by atoms with Crippen LogP contribution < -0.4 is 20.8 Å². The van der Waals surface area contributed by atoms with Crippen molar-refractivity contribution in [1.29, 1.82) is 0 Å². The van der Waals surface area contributed by atoms with Gasteiger partial charge in [-0.15, -0.1) is 0 Å². The maximum atomic E-state index is 11.9. The van der Waals surface area contributed by atoms with Crippen molar-refractivity contribution < 1.29 is 18.7 Å². The number of amides is 1. The van der Waals surface area contributed by atoms with Crippen LogP contribution in [0.4, 0.5) is 0 Å². The number of hydrogen-bond acceptors (Lipinski definition) is 5. The third kappa shape index (κ3) is 3.22. The molecule has 2 N–H and O–H groups in total. The van der Waals surface area contributed by atoms with Crippen LogP contribution in [-0.4, -0.2) is 19.6 Å². The van der Waals surface area contributed by atoms with Gasteiger partial charge in [0.05, 0.1) is 7.11 Å². The van der Waals surface area contributed by atoms with Crippen LogP contribution in [0.1, 0.15) is 0 Å². The maximum absolute atomic E-state index is 11.9. The SMILES string of the molecule is COc1ccc(-c2cc(=O)oc3cc(OCC(N)=O)ccc23)cc1. The molecular weight excluding hydrogens is 310 g/mol.